The maximum absolute atomic E-state index is 8.99. The van der Waals surface area contributed by atoms with Gasteiger partial charge in [-0.2, -0.15) is 5.10 Å². The minimum Gasteiger partial charge on any atom is -0.481 e. The molecule has 0 saturated heterocycles. The lowest BCUT2D eigenvalue weighted by molar-refractivity contribution is 0.295. The highest BCUT2D eigenvalue weighted by Crippen LogP contribution is 2.20. The van der Waals surface area contributed by atoms with Crippen LogP contribution in [0.1, 0.15) is 16.7 Å². The number of rotatable bonds is 5. The van der Waals surface area contributed by atoms with Gasteiger partial charge >= 0.3 is 0 Å². The van der Waals surface area contributed by atoms with Crippen LogP contribution in [0.4, 0.5) is 0 Å². The van der Waals surface area contributed by atoms with E-state index in [9.17, 15) is 0 Å². The highest BCUT2D eigenvalue weighted by Gasteiger charge is 2.11. The summed E-state index contributed by atoms with van der Waals surface area (Å²) in [6, 6.07) is 8.21. The Kier molecular flexibility index (Phi) is 3.99. The summed E-state index contributed by atoms with van der Waals surface area (Å²) in [5.74, 6) is 0.729. The average Bonchev–Trinajstić information content (AvgIpc) is 2.75. The molecule has 0 aliphatic heterocycles. The minimum atomic E-state index is 0.104. The van der Waals surface area contributed by atoms with Gasteiger partial charge in [-0.05, 0) is 18.1 Å². The minimum absolute atomic E-state index is 0.104. The number of nitrogens with zero attached hydrogens (tertiary/aromatic N) is 2. The second-order valence-corrected chi connectivity index (χ2v) is 4.24. The first-order chi connectivity index (χ1) is 8.76. The van der Waals surface area contributed by atoms with E-state index in [1.807, 2.05) is 16.8 Å². The van der Waals surface area contributed by atoms with Crippen LogP contribution in [0.15, 0.2) is 30.5 Å². The summed E-state index contributed by atoms with van der Waals surface area (Å²) in [6.07, 6.45) is 2.32. The van der Waals surface area contributed by atoms with Gasteiger partial charge in [0.15, 0.2) is 0 Å². The maximum atomic E-state index is 8.99. The van der Waals surface area contributed by atoms with Crippen LogP contribution in [0.3, 0.4) is 0 Å². The molecular weight excluding hydrogens is 228 g/mol. The molecule has 1 heterocycles. The number of aliphatic hydroxyl groups is 1. The van der Waals surface area contributed by atoms with E-state index in [0.717, 1.165) is 11.4 Å². The van der Waals surface area contributed by atoms with Gasteiger partial charge in [0.05, 0.1) is 19.9 Å². The summed E-state index contributed by atoms with van der Waals surface area (Å²) < 4.78 is 7.20. The van der Waals surface area contributed by atoms with E-state index in [-0.39, 0.29) is 6.61 Å². The first kappa shape index (κ1) is 12.6. The van der Waals surface area contributed by atoms with Gasteiger partial charge in [0, 0.05) is 18.6 Å². The number of aryl methyl sites for hydroxylation is 1. The Hall–Kier alpha value is -1.81. The number of hydrogen-bond donors (Lipinski definition) is 1. The van der Waals surface area contributed by atoms with Crippen molar-refractivity contribution in [1.29, 1.82) is 0 Å². The van der Waals surface area contributed by atoms with Gasteiger partial charge < -0.3 is 9.84 Å². The molecule has 0 spiro atoms. The Balaban J connectivity index is 2.27. The smallest absolute Gasteiger partial charge is 0.215 e. The van der Waals surface area contributed by atoms with Crippen molar-refractivity contribution in [2.45, 2.75) is 19.9 Å². The first-order valence-electron chi connectivity index (χ1n) is 6.00. The third kappa shape index (κ3) is 2.54. The summed E-state index contributed by atoms with van der Waals surface area (Å²) >= 11 is 0. The zero-order valence-electron chi connectivity index (χ0n) is 10.8. The fourth-order valence-corrected chi connectivity index (χ4v) is 2.00. The molecule has 0 radical (unpaired) electrons. The molecule has 1 N–H and O–H groups in total. The second kappa shape index (κ2) is 5.69. The third-order valence-electron chi connectivity index (χ3n) is 3.02. The standard InChI is InChI=1S/C14H18N2O2/c1-11-5-3-4-6-13(11)10-16-14(18-2)12(7-8-17)9-15-16/h3-6,9,17H,7-8,10H2,1-2H3. The molecule has 1 aromatic carbocycles. The van der Waals surface area contributed by atoms with Gasteiger partial charge in [0.2, 0.25) is 5.88 Å². The molecule has 0 atom stereocenters. The summed E-state index contributed by atoms with van der Waals surface area (Å²) in [5, 5.41) is 13.3. The van der Waals surface area contributed by atoms with Crippen LogP contribution in [0.5, 0.6) is 5.88 Å². The zero-order chi connectivity index (χ0) is 13.0. The Labute approximate surface area is 107 Å². The highest BCUT2D eigenvalue weighted by molar-refractivity contribution is 5.29. The quantitative estimate of drug-likeness (QED) is 0.874. The van der Waals surface area contributed by atoms with Crippen molar-refractivity contribution < 1.29 is 9.84 Å². The molecule has 0 aliphatic carbocycles. The van der Waals surface area contributed by atoms with Crippen molar-refractivity contribution in [3.8, 4) is 5.88 Å². The maximum Gasteiger partial charge on any atom is 0.215 e. The Morgan fingerprint density at radius 3 is 2.72 bits per heavy atom. The van der Waals surface area contributed by atoms with E-state index in [0.29, 0.717) is 13.0 Å². The molecule has 0 fully saturated rings. The summed E-state index contributed by atoms with van der Waals surface area (Å²) in [4.78, 5) is 0. The van der Waals surface area contributed by atoms with Crippen LogP contribution < -0.4 is 4.74 Å². The van der Waals surface area contributed by atoms with E-state index in [1.54, 1.807) is 13.3 Å². The van der Waals surface area contributed by atoms with Crippen molar-refractivity contribution >= 4 is 0 Å². The molecule has 96 valence electrons. The van der Waals surface area contributed by atoms with Crippen molar-refractivity contribution in [1.82, 2.24) is 9.78 Å². The Morgan fingerprint density at radius 2 is 2.06 bits per heavy atom. The number of hydrogen-bond acceptors (Lipinski definition) is 3. The Bertz CT molecular complexity index is 520. The molecule has 4 nitrogen and oxygen atoms in total. The molecule has 0 bridgehead atoms. The largest absolute Gasteiger partial charge is 0.481 e. The van der Waals surface area contributed by atoms with Gasteiger partial charge in [-0.25, -0.2) is 4.68 Å². The summed E-state index contributed by atoms with van der Waals surface area (Å²) in [6.45, 7) is 2.87. The van der Waals surface area contributed by atoms with Crippen molar-refractivity contribution in [2.75, 3.05) is 13.7 Å². The van der Waals surface area contributed by atoms with Gasteiger partial charge in [0.25, 0.3) is 0 Å². The fourth-order valence-electron chi connectivity index (χ4n) is 2.00. The molecule has 18 heavy (non-hydrogen) atoms. The molecule has 2 aromatic rings. The molecule has 1 aromatic heterocycles. The van der Waals surface area contributed by atoms with Gasteiger partial charge in [-0.1, -0.05) is 24.3 Å². The lowest BCUT2D eigenvalue weighted by atomic mass is 10.1. The molecule has 4 heteroatoms. The van der Waals surface area contributed by atoms with Crippen LogP contribution >= 0.6 is 0 Å². The van der Waals surface area contributed by atoms with Crippen LogP contribution in [0.25, 0.3) is 0 Å². The summed E-state index contributed by atoms with van der Waals surface area (Å²) in [7, 11) is 1.63. The van der Waals surface area contributed by atoms with E-state index >= 15 is 0 Å². The second-order valence-electron chi connectivity index (χ2n) is 4.24. The van der Waals surface area contributed by atoms with Crippen LogP contribution in [-0.2, 0) is 13.0 Å². The number of methoxy groups -OCH3 is 1. The molecule has 2 rings (SSSR count). The number of benzene rings is 1. The molecule has 0 amide bonds. The molecule has 0 aliphatic rings. The van der Waals surface area contributed by atoms with E-state index in [4.69, 9.17) is 9.84 Å². The van der Waals surface area contributed by atoms with Crippen molar-refractivity contribution in [3.63, 3.8) is 0 Å². The number of aliphatic hydroxyl groups excluding tert-OH is 1. The lowest BCUT2D eigenvalue weighted by Crippen LogP contribution is -2.06. The fraction of sp³-hybridized carbons (Fsp3) is 0.357. The predicted molar refractivity (Wildman–Crippen MR) is 69.8 cm³/mol. The molecular formula is C14H18N2O2. The van der Waals surface area contributed by atoms with Crippen LogP contribution in [0, 0.1) is 6.92 Å². The van der Waals surface area contributed by atoms with Crippen LogP contribution in [-0.4, -0.2) is 28.6 Å². The highest BCUT2D eigenvalue weighted by atomic mass is 16.5. The number of aromatic nitrogens is 2. The van der Waals surface area contributed by atoms with E-state index < -0.39 is 0 Å². The summed E-state index contributed by atoms with van der Waals surface area (Å²) in [5.41, 5.74) is 3.39. The van der Waals surface area contributed by atoms with Crippen LogP contribution in [0.2, 0.25) is 0 Å². The van der Waals surface area contributed by atoms with Gasteiger partial charge in [-0.3, -0.25) is 0 Å². The topological polar surface area (TPSA) is 47.3 Å². The monoisotopic (exact) mass is 246 g/mol. The SMILES string of the molecule is COc1c(CCO)cnn1Cc1ccccc1C. The molecule has 0 unspecified atom stereocenters. The van der Waals surface area contributed by atoms with Crippen molar-refractivity contribution in [2.24, 2.45) is 0 Å². The van der Waals surface area contributed by atoms with Gasteiger partial charge in [-0.15, -0.1) is 0 Å². The number of ether oxygens (including phenoxy) is 1. The normalized spacial score (nSPS) is 10.6. The first-order valence-corrected chi connectivity index (χ1v) is 6.00. The molecule has 0 saturated carbocycles. The van der Waals surface area contributed by atoms with Gasteiger partial charge in [0.1, 0.15) is 0 Å². The van der Waals surface area contributed by atoms with Crippen molar-refractivity contribution in [3.05, 3.63) is 47.2 Å². The van der Waals surface area contributed by atoms with E-state index in [2.05, 4.69) is 24.2 Å². The third-order valence-corrected chi connectivity index (χ3v) is 3.02. The predicted octanol–water partition coefficient (Wildman–Crippen LogP) is 1.78. The lowest BCUT2D eigenvalue weighted by Gasteiger charge is -2.09. The zero-order valence-corrected chi connectivity index (χ0v) is 10.8. The average molecular weight is 246 g/mol. The van der Waals surface area contributed by atoms with E-state index in [1.165, 1.54) is 11.1 Å². The Morgan fingerprint density at radius 1 is 1.28 bits per heavy atom.